The van der Waals surface area contributed by atoms with E-state index in [0.29, 0.717) is 13.2 Å². The van der Waals surface area contributed by atoms with Crippen LogP contribution in [-0.4, -0.2) is 42.4 Å². The molecule has 1 aliphatic heterocycles. The first kappa shape index (κ1) is 18.4. The maximum absolute atomic E-state index is 10.1. The molecule has 0 aliphatic carbocycles. The first-order chi connectivity index (χ1) is 9.63. The van der Waals surface area contributed by atoms with Crippen molar-refractivity contribution in [3.63, 3.8) is 0 Å². The van der Waals surface area contributed by atoms with Gasteiger partial charge >= 0.3 is 0 Å². The maximum Gasteiger partial charge on any atom is 0.0900 e. The van der Waals surface area contributed by atoms with Crippen LogP contribution in [0.1, 0.15) is 25.8 Å². The summed E-state index contributed by atoms with van der Waals surface area (Å²) in [5, 5.41) is 10.1. The Balaban J connectivity index is 0.00000220. The Morgan fingerprint density at radius 2 is 1.81 bits per heavy atom. The molecule has 0 spiro atoms. The predicted molar refractivity (Wildman–Crippen MR) is 81.5 cm³/mol. The van der Waals surface area contributed by atoms with Crippen LogP contribution in [0.2, 0.25) is 0 Å². The van der Waals surface area contributed by atoms with Gasteiger partial charge in [-0.15, -0.1) is 0 Å². The summed E-state index contributed by atoms with van der Waals surface area (Å²) in [5.41, 5.74) is 1.15. The van der Waals surface area contributed by atoms with Crippen LogP contribution in [0.4, 0.5) is 0 Å². The van der Waals surface area contributed by atoms with Crippen LogP contribution in [-0.2, 0) is 11.3 Å². The van der Waals surface area contributed by atoms with Gasteiger partial charge < -0.3 is 27.2 Å². The number of β-amino-alcohol motifs (C(OH)–C–C–N with tert-alkyl or cyclic N) is 1. The molecule has 1 saturated heterocycles. The summed E-state index contributed by atoms with van der Waals surface area (Å²) >= 11 is 0. The number of aliphatic hydroxyl groups is 1. The largest absolute Gasteiger partial charge is 1.00 e. The zero-order chi connectivity index (χ0) is 14.4. The molecule has 1 aromatic carbocycles. The van der Waals surface area contributed by atoms with Gasteiger partial charge in [0, 0.05) is 19.6 Å². The van der Waals surface area contributed by atoms with E-state index in [-0.39, 0.29) is 12.4 Å². The van der Waals surface area contributed by atoms with Gasteiger partial charge in [-0.05, 0) is 23.8 Å². The lowest BCUT2D eigenvalue weighted by Gasteiger charge is -2.35. The van der Waals surface area contributed by atoms with Crippen molar-refractivity contribution in [2.75, 3.05) is 26.2 Å². The maximum atomic E-state index is 10.1. The fourth-order valence-corrected chi connectivity index (χ4v) is 3.18. The van der Waals surface area contributed by atoms with E-state index in [9.17, 15) is 5.11 Å². The molecule has 2 rings (SSSR count). The van der Waals surface area contributed by atoms with Crippen molar-refractivity contribution in [3.8, 4) is 0 Å². The normalized spacial score (nSPS) is 24.3. The van der Waals surface area contributed by atoms with Crippen LogP contribution in [0.25, 0.3) is 0 Å². The number of nitrogens with zero attached hydrogens (tertiary/aromatic N) is 1. The topological polar surface area (TPSA) is 32.7 Å². The highest BCUT2D eigenvalue weighted by Crippen LogP contribution is 2.20. The summed E-state index contributed by atoms with van der Waals surface area (Å²) in [5.74, 6) is 1.47. The van der Waals surface area contributed by atoms with E-state index < -0.39 is 6.10 Å². The molecular weight excluding hydrogens is 286 g/mol. The highest BCUT2D eigenvalue weighted by Gasteiger charge is 2.23. The van der Waals surface area contributed by atoms with Crippen LogP contribution in [0, 0.1) is 11.8 Å². The number of aliphatic hydroxyl groups excluding tert-OH is 1. The summed E-state index contributed by atoms with van der Waals surface area (Å²) in [6.45, 7) is 8.49. The molecule has 0 radical (unpaired) electrons. The van der Waals surface area contributed by atoms with E-state index in [1.807, 2.05) is 30.3 Å². The molecule has 1 aromatic rings. The van der Waals surface area contributed by atoms with E-state index >= 15 is 0 Å². The van der Waals surface area contributed by atoms with Crippen LogP contribution < -0.4 is 12.4 Å². The molecule has 4 heteroatoms. The lowest BCUT2D eigenvalue weighted by atomic mass is 9.92. The number of halogens is 1. The Hall–Kier alpha value is -0.610. The Labute approximate surface area is 134 Å². The van der Waals surface area contributed by atoms with Crippen molar-refractivity contribution < 1.29 is 22.3 Å². The second-order valence-electron chi connectivity index (χ2n) is 6.32. The van der Waals surface area contributed by atoms with Gasteiger partial charge in [0.05, 0.1) is 19.3 Å². The summed E-state index contributed by atoms with van der Waals surface area (Å²) in [7, 11) is 0. The fraction of sp³-hybridized carbons (Fsp3) is 0.647. The number of ether oxygens (including phenoxy) is 1. The van der Waals surface area contributed by atoms with Gasteiger partial charge in [0.15, 0.2) is 0 Å². The van der Waals surface area contributed by atoms with Gasteiger partial charge in [-0.3, -0.25) is 0 Å². The van der Waals surface area contributed by atoms with Crippen molar-refractivity contribution in [1.82, 2.24) is 4.90 Å². The van der Waals surface area contributed by atoms with E-state index in [1.54, 1.807) is 0 Å². The molecular formula is C17H27ClNO2-. The standard InChI is InChI=1S/C17H27NO2.ClH/c1-14-8-15(2)10-18(9-14)11-17(19)13-20-12-16-6-4-3-5-7-16;/h3-7,14-15,17,19H,8-13H2,1-2H3;1H/p-1. The SMILES string of the molecule is CC1CC(C)CN(CC(O)COCc2ccccc2)C1.[Cl-]. The highest BCUT2D eigenvalue weighted by atomic mass is 35.5. The van der Waals surface area contributed by atoms with Crippen molar-refractivity contribution in [1.29, 1.82) is 0 Å². The van der Waals surface area contributed by atoms with E-state index in [0.717, 1.165) is 37.0 Å². The van der Waals surface area contributed by atoms with Crippen molar-refractivity contribution in [2.24, 2.45) is 11.8 Å². The molecule has 3 nitrogen and oxygen atoms in total. The smallest absolute Gasteiger partial charge is 0.0900 e. The van der Waals surface area contributed by atoms with Crippen molar-refractivity contribution >= 4 is 0 Å². The van der Waals surface area contributed by atoms with Crippen molar-refractivity contribution in [3.05, 3.63) is 35.9 Å². The first-order valence-electron chi connectivity index (χ1n) is 7.65. The Morgan fingerprint density at radius 1 is 1.19 bits per heavy atom. The van der Waals surface area contributed by atoms with Gasteiger partial charge in [-0.25, -0.2) is 0 Å². The molecule has 1 fully saturated rings. The molecule has 0 amide bonds. The summed E-state index contributed by atoms with van der Waals surface area (Å²) < 4.78 is 5.60. The quantitative estimate of drug-likeness (QED) is 0.772. The second kappa shape index (κ2) is 9.42. The number of likely N-dealkylation sites (tertiary alicyclic amines) is 1. The molecule has 1 aliphatic rings. The third-order valence-electron chi connectivity index (χ3n) is 3.84. The molecule has 0 aromatic heterocycles. The summed E-state index contributed by atoms with van der Waals surface area (Å²) in [4.78, 5) is 2.37. The third kappa shape index (κ3) is 6.79. The zero-order valence-corrected chi connectivity index (χ0v) is 13.8. The summed E-state index contributed by atoms with van der Waals surface area (Å²) in [6, 6.07) is 10.1. The Morgan fingerprint density at radius 3 is 2.43 bits per heavy atom. The number of rotatable bonds is 6. The lowest BCUT2D eigenvalue weighted by molar-refractivity contribution is -0.000971. The molecule has 120 valence electrons. The molecule has 1 N–H and O–H groups in total. The molecule has 1 heterocycles. The van der Waals surface area contributed by atoms with E-state index in [2.05, 4.69) is 18.7 Å². The van der Waals surface area contributed by atoms with Crippen LogP contribution in [0.3, 0.4) is 0 Å². The third-order valence-corrected chi connectivity index (χ3v) is 3.84. The highest BCUT2D eigenvalue weighted by molar-refractivity contribution is 5.13. The van der Waals surface area contributed by atoms with E-state index in [4.69, 9.17) is 4.74 Å². The molecule has 21 heavy (non-hydrogen) atoms. The molecule has 3 atom stereocenters. The minimum atomic E-state index is -0.392. The number of hydrogen-bond donors (Lipinski definition) is 1. The molecule has 0 saturated carbocycles. The predicted octanol–water partition coefficient (Wildman–Crippen LogP) is -0.454. The monoisotopic (exact) mass is 312 g/mol. The lowest BCUT2D eigenvalue weighted by Crippen LogP contribution is -3.00. The first-order valence-corrected chi connectivity index (χ1v) is 7.65. The average Bonchev–Trinajstić information content (AvgIpc) is 2.38. The molecule has 0 bridgehead atoms. The van der Waals surface area contributed by atoms with Crippen LogP contribution in [0.15, 0.2) is 30.3 Å². The fourth-order valence-electron chi connectivity index (χ4n) is 3.18. The molecule has 3 unspecified atom stereocenters. The Bertz CT molecular complexity index is 378. The van der Waals surface area contributed by atoms with Crippen molar-refractivity contribution in [2.45, 2.75) is 33.0 Å². The van der Waals surface area contributed by atoms with Crippen LogP contribution in [0.5, 0.6) is 0 Å². The van der Waals surface area contributed by atoms with Gasteiger partial charge in [-0.1, -0.05) is 44.2 Å². The zero-order valence-electron chi connectivity index (χ0n) is 13.0. The minimum Gasteiger partial charge on any atom is -1.00 e. The van der Waals surface area contributed by atoms with E-state index in [1.165, 1.54) is 6.42 Å². The van der Waals surface area contributed by atoms with Gasteiger partial charge in [0.25, 0.3) is 0 Å². The number of benzene rings is 1. The number of piperidine rings is 1. The van der Waals surface area contributed by atoms with Crippen LogP contribution >= 0.6 is 0 Å². The minimum absolute atomic E-state index is 0. The summed E-state index contributed by atoms with van der Waals surface area (Å²) in [6.07, 6.45) is 0.910. The Kier molecular flexibility index (Phi) is 8.27. The van der Waals surface area contributed by atoms with Gasteiger partial charge in [-0.2, -0.15) is 0 Å². The second-order valence-corrected chi connectivity index (χ2v) is 6.32. The average molecular weight is 313 g/mol. The van der Waals surface area contributed by atoms with Gasteiger partial charge in [0.2, 0.25) is 0 Å². The van der Waals surface area contributed by atoms with Gasteiger partial charge in [0.1, 0.15) is 0 Å². The number of hydrogen-bond acceptors (Lipinski definition) is 3.